The summed E-state index contributed by atoms with van der Waals surface area (Å²) in [5.74, 6) is -2.71. The maximum Gasteiger partial charge on any atom is 0.281 e. The van der Waals surface area contributed by atoms with Crippen molar-refractivity contribution < 1.29 is 37.2 Å². The van der Waals surface area contributed by atoms with Crippen molar-refractivity contribution in [3.63, 3.8) is 0 Å². The van der Waals surface area contributed by atoms with E-state index in [1.165, 1.54) is 12.1 Å². The third kappa shape index (κ3) is 6.40. The summed E-state index contributed by atoms with van der Waals surface area (Å²) in [5, 5.41) is 5.52. The van der Waals surface area contributed by atoms with E-state index in [-0.39, 0.29) is 59.4 Å². The second kappa shape index (κ2) is 12.7. The molecule has 1 saturated heterocycles. The van der Waals surface area contributed by atoms with E-state index in [1.54, 1.807) is 31.9 Å². The number of alkyl halides is 1. The lowest BCUT2D eigenvalue weighted by atomic mass is 9.86. The number of anilines is 1. The van der Waals surface area contributed by atoms with Gasteiger partial charge in [0.2, 0.25) is 11.6 Å². The van der Waals surface area contributed by atoms with Crippen LogP contribution in [0.25, 0.3) is 0 Å². The molecule has 2 bridgehead atoms. The average molecular weight is 673 g/mol. The highest BCUT2D eigenvalue weighted by Crippen LogP contribution is 2.54. The molecule has 0 spiro atoms. The fourth-order valence-corrected chi connectivity index (χ4v) is 8.88. The van der Waals surface area contributed by atoms with Crippen LogP contribution in [-0.2, 0) is 23.9 Å². The minimum atomic E-state index is -2.40. The number of fused-ring (bicyclic) bond motifs is 8. The molecule has 10 nitrogen and oxygen atoms in total. The lowest BCUT2D eigenvalue weighted by Gasteiger charge is -2.49. The Balaban J connectivity index is 1.48. The van der Waals surface area contributed by atoms with Crippen LogP contribution in [0.5, 0.6) is 0 Å². The second-order valence-corrected chi connectivity index (χ2v) is 15.7. The molecule has 4 fully saturated rings. The first-order chi connectivity index (χ1) is 22.7. The SMILES string of the molecule is CCOC(C)(C=O)C[N+]1(C)C2CC2(F)C(=O)N[C@@H](C(C2CC2)C2CC2)C(=O)Nc2ccc(cc2F)[C@H](C)[C@@H]1C(=O)N1CCN(C)[C@H](C)C1. The van der Waals surface area contributed by atoms with Crippen LogP contribution in [0.2, 0.25) is 0 Å². The molecule has 3 saturated carbocycles. The van der Waals surface area contributed by atoms with E-state index in [2.05, 4.69) is 15.5 Å². The van der Waals surface area contributed by atoms with Crippen LogP contribution in [0, 0.1) is 23.6 Å². The van der Waals surface area contributed by atoms with Gasteiger partial charge in [-0.1, -0.05) is 13.0 Å². The fourth-order valence-electron chi connectivity index (χ4n) is 8.88. The predicted octanol–water partition coefficient (Wildman–Crippen LogP) is 3.25. The van der Waals surface area contributed by atoms with Crippen LogP contribution in [0.3, 0.4) is 0 Å². The smallest absolute Gasteiger partial charge is 0.281 e. The average Bonchev–Trinajstić information content (AvgIpc) is 3.90. The number of carbonyl (C=O) groups excluding carboxylic acids is 4. The van der Waals surface area contributed by atoms with Gasteiger partial charge in [0.25, 0.3) is 11.8 Å². The highest BCUT2D eigenvalue weighted by Gasteiger charge is 2.74. The quantitative estimate of drug-likeness (QED) is 0.308. The molecule has 7 rings (SSSR count). The van der Waals surface area contributed by atoms with Gasteiger partial charge in [0.15, 0.2) is 17.9 Å². The van der Waals surface area contributed by atoms with Crippen LogP contribution in [0.15, 0.2) is 18.2 Å². The number of carbonyl (C=O) groups is 4. The lowest BCUT2D eigenvalue weighted by Crippen LogP contribution is -2.69. The highest BCUT2D eigenvalue weighted by atomic mass is 19.1. The molecule has 3 heterocycles. The maximum absolute atomic E-state index is 17.3. The minimum Gasteiger partial charge on any atom is -0.362 e. The monoisotopic (exact) mass is 672 g/mol. The number of ether oxygens (including phenoxy) is 1. The Hall–Kier alpha value is -2.96. The molecular weight excluding hydrogens is 620 g/mol. The summed E-state index contributed by atoms with van der Waals surface area (Å²) in [6.07, 6.45) is 4.20. The van der Waals surface area contributed by atoms with Crippen LogP contribution in [-0.4, -0.2) is 121 Å². The van der Waals surface area contributed by atoms with Gasteiger partial charge in [-0.2, -0.15) is 0 Å². The van der Waals surface area contributed by atoms with Gasteiger partial charge in [0.1, 0.15) is 24.4 Å². The number of quaternary nitrogens is 1. The van der Waals surface area contributed by atoms with Crippen molar-refractivity contribution >= 4 is 29.7 Å². The Labute approximate surface area is 282 Å². The number of aldehydes is 1. The first-order valence-corrected chi connectivity index (χ1v) is 17.7. The van der Waals surface area contributed by atoms with Crippen LogP contribution < -0.4 is 10.6 Å². The number of likely N-dealkylation sites (N-methyl/N-ethyl adjacent to an activating group) is 2. The zero-order chi connectivity index (χ0) is 34.8. The molecule has 3 amide bonds. The molecule has 1 aromatic carbocycles. The van der Waals surface area contributed by atoms with Gasteiger partial charge in [0, 0.05) is 38.2 Å². The van der Waals surface area contributed by atoms with Crippen molar-refractivity contribution in [1.29, 1.82) is 0 Å². The Morgan fingerprint density at radius 1 is 1.19 bits per heavy atom. The second-order valence-electron chi connectivity index (χ2n) is 15.7. The Morgan fingerprint density at radius 2 is 1.85 bits per heavy atom. The molecule has 4 unspecified atom stereocenters. The molecule has 8 atom stereocenters. The summed E-state index contributed by atoms with van der Waals surface area (Å²) in [6.45, 7) is 8.90. The minimum absolute atomic E-state index is 0.0326. The molecule has 3 aliphatic heterocycles. The summed E-state index contributed by atoms with van der Waals surface area (Å²) in [5.41, 5.74) is -3.33. The number of rotatable bonds is 9. The van der Waals surface area contributed by atoms with Crippen LogP contribution in [0.1, 0.15) is 71.3 Å². The molecule has 0 radical (unpaired) electrons. The van der Waals surface area contributed by atoms with Gasteiger partial charge in [-0.05, 0) is 89.0 Å². The number of benzene rings is 1. The topological polar surface area (TPSA) is 108 Å². The standard InChI is InChI=1S/C36H51F2N5O5/c1-7-48-35(4,20-44)19-43(6)28-17-36(28,38)34(47)40-30(29(23-8-9-23)24-10-11-24)32(45)39-27-13-12-25(16-26(27)37)22(3)31(43)33(46)42-15-14-41(5)21(2)18-42/h12-13,16,20-24,28-31H,7-11,14-15,17-19H2,1-6H3,(H-,39,40,45,47)/p+1/t21-,22+,28?,30+,31-,35?,36?,43?/m1/s1. The number of piperazine rings is 1. The Morgan fingerprint density at radius 3 is 2.42 bits per heavy atom. The molecule has 48 heavy (non-hydrogen) atoms. The van der Waals surface area contributed by atoms with Crippen molar-refractivity contribution in [2.75, 3.05) is 52.2 Å². The molecule has 12 heteroatoms. The van der Waals surface area contributed by atoms with E-state index in [1.807, 2.05) is 20.9 Å². The summed E-state index contributed by atoms with van der Waals surface area (Å²) in [6, 6.07) is 1.59. The summed E-state index contributed by atoms with van der Waals surface area (Å²) < 4.78 is 38.9. The van der Waals surface area contributed by atoms with Crippen molar-refractivity contribution in [3.8, 4) is 0 Å². The van der Waals surface area contributed by atoms with Gasteiger partial charge >= 0.3 is 0 Å². The first-order valence-electron chi connectivity index (χ1n) is 17.7. The highest BCUT2D eigenvalue weighted by molar-refractivity contribution is 6.00. The Kier molecular flexibility index (Phi) is 9.26. The summed E-state index contributed by atoms with van der Waals surface area (Å²) in [7, 11) is 3.73. The molecule has 3 aliphatic carbocycles. The van der Waals surface area contributed by atoms with Crippen LogP contribution >= 0.6 is 0 Å². The summed E-state index contributed by atoms with van der Waals surface area (Å²) in [4.78, 5) is 59.4. The van der Waals surface area contributed by atoms with E-state index < -0.39 is 52.9 Å². The van der Waals surface area contributed by atoms with E-state index in [0.717, 1.165) is 25.7 Å². The van der Waals surface area contributed by atoms with Gasteiger partial charge in [-0.25, -0.2) is 8.78 Å². The van der Waals surface area contributed by atoms with E-state index in [4.69, 9.17) is 4.74 Å². The molecule has 1 aromatic rings. The van der Waals surface area contributed by atoms with Gasteiger partial charge < -0.3 is 29.7 Å². The van der Waals surface area contributed by atoms with Crippen molar-refractivity contribution in [3.05, 3.63) is 29.6 Å². The third-order valence-electron chi connectivity index (χ3n) is 12.0. The molecule has 6 aliphatic rings. The maximum atomic E-state index is 17.3. The Bertz CT molecular complexity index is 1440. The van der Waals surface area contributed by atoms with Crippen molar-refractivity contribution in [2.45, 2.75) is 101 Å². The van der Waals surface area contributed by atoms with Crippen LogP contribution in [0.4, 0.5) is 14.5 Å². The van der Waals surface area contributed by atoms with Crippen molar-refractivity contribution in [1.82, 2.24) is 15.1 Å². The zero-order valence-corrected chi connectivity index (χ0v) is 29.1. The number of amides is 3. The fraction of sp³-hybridized carbons (Fsp3) is 0.722. The number of hydrogen-bond acceptors (Lipinski definition) is 6. The number of halogens is 2. The molecule has 0 aromatic heterocycles. The van der Waals surface area contributed by atoms with Gasteiger partial charge in [-0.15, -0.1) is 0 Å². The number of hydrogen-bond donors (Lipinski definition) is 2. The first kappa shape index (κ1) is 34.9. The summed E-state index contributed by atoms with van der Waals surface area (Å²) >= 11 is 0. The normalized spacial score (nSPS) is 35.7. The van der Waals surface area contributed by atoms with E-state index in [9.17, 15) is 19.2 Å². The number of nitrogens with zero attached hydrogens (tertiary/aromatic N) is 3. The molecule has 264 valence electrons. The predicted molar refractivity (Wildman–Crippen MR) is 176 cm³/mol. The van der Waals surface area contributed by atoms with E-state index in [0.29, 0.717) is 31.5 Å². The van der Waals surface area contributed by atoms with Crippen molar-refractivity contribution in [2.24, 2.45) is 17.8 Å². The van der Waals surface area contributed by atoms with Gasteiger partial charge in [-0.3, -0.25) is 19.2 Å². The zero-order valence-electron chi connectivity index (χ0n) is 29.1. The lowest BCUT2D eigenvalue weighted by molar-refractivity contribution is -0.942. The molecule has 2 N–H and O–H groups in total. The van der Waals surface area contributed by atoms with Gasteiger partial charge in [0.05, 0.1) is 19.2 Å². The molecular formula is C36H52F2N5O5+. The third-order valence-corrected chi connectivity index (χ3v) is 12.0. The van der Waals surface area contributed by atoms with E-state index >= 15 is 8.78 Å². The number of nitrogens with one attached hydrogen (secondary N) is 2. The largest absolute Gasteiger partial charge is 0.362 e.